The lowest BCUT2D eigenvalue weighted by Crippen LogP contribution is -2.52. The fraction of sp³-hybridized carbons (Fsp3) is 0.900. The molecule has 1 fully saturated rings. The minimum absolute atomic E-state index is 0.264. The molecule has 0 spiro atoms. The Hall–Kier alpha value is -1.03. The Balaban J connectivity index is 2.73. The van der Waals surface area contributed by atoms with Crippen LogP contribution < -0.4 is 5.32 Å². The molecular formula is C10H14F6N2O2. The number of hydrogen-bond donors (Lipinski definition) is 1. The summed E-state index contributed by atoms with van der Waals surface area (Å²) in [6, 6.07) is 0. The van der Waals surface area contributed by atoms with Crippen molar-refractivity contribution in [1.82, 2.24) is 10.2 Å². The molecule has 0 aromatic rings. The molecule has 1 saturated heterocycles. The van der Waals surface area contributed by atoms with E-state index in [1.165, 1.54) is 0 Å². The molecule has 1 amide bonds. The van der Waals surface area contributed by atoms with Gasteiger partial charge in [-0.2, -0.15) is 26.3 Å². The van der Waals surface area contributed by atoms with Crippen molar-refractivity contribution in [3.63, 3.8) is 0 Å². The maximum atomic E-state index is 12.4. The molecule has 0 saturated carbocycles. The number of alkyl halides is 6. The van der Waals surface area contributed by atoms with E-state index in [-0.39, 0.29) is 19.7 Å². The summed E-state index contributed by atoms with van der Waals surface area (Å²) in [5.74, 6) is -6.03. The van der Waals surface area contributed by atoms with Crippen molar-refractivity contribution in [2.75, 3.05) is 33.3 Å². The quantitative estimate of drug-likeness (QED) is 0.796. The summed E-state index contributed by atoms with van der Waals surface area (Å²) in [7, 11) is 0.894. The van der Waals surface area contributed by atoms with E-state index >= 15 is 0 Å². The Labute approximate surface area is 111 Å². The molecule has 1 unspecified atom stereocenters. The summed E-state index contributed by atoms with van der Waals surface area (Å²) in [6.45, 7) is 0.755. The summed E-state index contributed by atoms with van der Waals surface area (Å²) in [5.41, 5.74) is 0. The van der Waals surface area contributed by atoms with Gasteiger partial charge in [-0.1, -0.05) is 0 Å². The summed E-state index contributed by atoms with van der Waals surface area (Å²) < 4.78 is 79.5. The first kappa shape index (κ1) is 17.0. The number of nitrogens with one attached hydrogen (secondary N) is 1. The van der Waals surface area contributed by atoms with Crippen LogP contribution in [0.3, 0.4) is 0 Å². The highest BCUT2D eigenvalue weighted by Gasteiger charge is 2.61. The molecule has 20 heavy (non-hydrogen) atoms. The zero-order chi connectivity index (χ0) is 15.6. The Morgan fingerprint density at radius 2 is 1.85 bits per heavy atom. The van der Waals surface area contributed by atoms with E-state index in [4.69, 9.17) is 4.74 Å². The number of hydrogen-bond acceptors (Lipinski definition) is 3. The summed E-state index contributed by atoms with van der Waals surface area (Å²) in [6.07, 6.45) is -12.0. The molecule has 0 bridgehead atoms. The van der Waals surface area contributed by atoms with E-state index in [9.17, 15) is 31.1 Å². The number of likely N-dealkylation sites (N-methyl/N-ethyl adjacent to an activating group) is 1. The highest BCUT2D eigenvalue weighted by atomic mass is 19.4. The van der Waals surface area contributed by atoms with E-state index in [2.05, 4.69) is 5.32 Å². The van der Waals surface area contributed by atoms with Gasteiger partial charge in [0.2, 0.25) is 11.8 Å². The van der Waals surface area contributed by atoms with E-state index in [1.807, 2.05) is 0 Å². The van der Waals surface area contributed by atoms with Gasteiger partial charge in [0, 0.05) is 26.7 Å². The number of morpholine rings is 1. The van der Waals surface area contributed by atoms with Crippen LogP contribution in [0.1, 0.15) is 0 Å². The Morgan fingerprint density at radius 1 is 1.30 bits per heavy atom. The molecule has 1 aliphatic heterocycles. The first-order chi connectivity index (χ1) is 9.03. The fourth-order valence-corrected chi connectivity index (χ4v) is 1.82. The van der Waals surface area contributed by atoms with Crippen molar-refractivity contribution < 1.29 is 35.9 Å². The first-order valence-corrected chi connectivity index (χ1v) is 5.74. The lowest BCUT2D eigenvalue weighted by molar-refractivity contribution is -0.277. The molecule has 0 aliphatic carbocycles. The van der Waals surface area contributed by atoms with Gasteiger partial charge in [-0.15, -0.1) is 0 Å². The molecule has 1 heterocycles. The second-order valence-corrected chi connectivity index (χ2v) is 4.43. The Kier molecular flexibility index (Phi) is 5.25. The van der Waals surface area contributed by atoms with Crippen LogP contribution in [-0.2, 0) is 9.53 Å². The number of carbonyl (C=O) groups excluding carboxylic acids is 1. The molecule has 1 aliphatic rings. The fourth-order valence-electron chi connectivity index (χ4n) is 1.82. The maximum absolute atomic E-state index is 12.4. The largest absolute Gasteiger partial charge is 0.409 e. The molecular weight excluding hydrogens is 294 g/mol. The molecule has 10 heteroatoms. The van der Waals surface area contributed by atoms with Crippen LogP contribution in [0.15, 0.2) is 0 Å². The number of rotatable bonds is 3. The van der Waals surface area contributed by atoms with Crippen molar-refractivity contribution in [3.8, 4) is 0 Å². The van der Waals surface area contributed by atoms with Crippen molar-refractivity contribution in [1.29, 1.82) is 0 Å². The van der Waals surface area contributed by atoms with Gasteiger partial charge in [0.1, 0.15) is 0 Å². The zero-order valence-corrected chi connectivity index (χ0v) is 10.5. The number of ether oxygens (including phenoxy) is 1. The molecule has 1 rings (SSSR count). The van der Waals surface area contributed by atoms with Crippen molar-refractivity contribution in [2.24, 2.45) is 5.92 Å². The van der Waals surface area contributed by atoms with Gasteiger partial charge in [0.15, 0.2) is 0 Å². The number of nitrogens with zero attached hydrogens (tertiary/aromatic N) is 1. The van der Waals surface area contributed by atoms with E-state index in [1.54, 1.807) is 0 Å². The van der Waals surface area contributed by atoms with Gasteiger partial charge in [-0.25, -0.2) is 0 Å². The third kappa shape index (κ3) is 4.51. The minimum atomic E-state index is -5.67. The predicted molar refractivity (Wildman–Crippen MR) is 55.8 cm³/mol. The second kappa shape index (κ2) is 6.17. The van der Waals surface area contributed by atoms with E-state index in [0.29, 0.717) is 11.4 Å². The van der Waals surface area contributed by atoms with Crippen LogP contribution in [0, 0.1) is 5.92 Å². The second-order valence-electron chi connectivity index (χ2n) is 4.43. The lowest BCUT2D eigenvalue weighted by atomic mass is 10.1. The van der Waals surface area contributed by atoms with E-state index < -0.39 is 30.3 Å². The van der Waals surface area contributed by atoms with Gasteiger partial charge in [0.25, 0.3) is 0 Å². The van der Waals surface area contributed by atoms with Gasteiger partial charge < -0.3 is 15.0 Å². The maximum Gasteiger partial charge on any atom is 0.409 e. The Morgan fingerprint density at radius 3 is 2.25 bits per heavy atom. The van der Waals surface area contributed by atoms with Crippen LogP contribution in [0.5, 0.6) is 0 Å². The van der Waals surface area contributed by atoms with Crippen LogP contribution in [0.2, 0.25) is 0 Å². The average Bonchev–Trinajstić information content (AvgIpc) is 2.26. The highest BCUT2D eigenvalue weighted by Crippen LogP contribution is 2.40. The molecule has 1 N–H and O–H groups in total. The average molecular weight is 308 g/mol. The lowest BCUT2D eigenvalue weighted by Gasteiger charge is -2.31. The van der Waals surface area contributed by atoms with Crippen LogP contribution in [0.25, 0.3) is 0 Å². The third-order valence-corrected chi connectivity index (χ3v) is 2.76. The van der Waals surface area contributed by atoms with Crippen LogP contribution >= 0.6 is 0 Å². The molecule has 118 valence electrons. The number of halogens is 6. The smallest absolute Gasteiger partial charge is 0.374 e. The van der Waals surface area contributed by atoms with E-state index in [0.717, 1.165) is 7.05 Å². The molecule has 0 aromatic heterocycles. The van der Waals surface area contributed by atoms with Crippen molar-refractivity contribution in [3.05, 3.63) is 0 Å². The van der Waals surface area contributed by atoms with Gasteiger partial charge in [-0.3, -0.25) is 4.79 Å². The molecule has 0 aromatic carbocycles. The van der Waals surface area contributed by atoms with Crippen molar-refractivity contribution in [2.45, 2.75) is 18.5 Å². The number of amides is 1. The topological polar surface area (TPSA) is 41.6 Å². The standard InChI is InChI=1S/C10H14F6N2O2/c1-18(5-6-4-17-2-3-20-6)8(19)7(9(11,12)13)10(14,15)16/h6-7,17H,2-5H2,1H3. The summed E-state index contributed by atoms with van der Waals surface area (Å²) >= 11 is 0. The van der Waals surface area contributed by atoms with Crippen molar-refractivity contribution >= 4 is 5.91 Å². The van der Waals surface area contributed by atoms with Gasteiger partial charge >= 0.3 is 12.4 Å². The highest BCUT2D eigenvalue weighted by molar-refractivity contribution is 5.80. The Bertz CT molecular complexity index is 324. The number of carbonyl (C=O) groups is 1. The minimum Gasteiger partial charge on any atom is -0.374 e. The molecule has 0 radical (unpaired) electrons. The normalized spacial score (nSPS) is 21.1. The third-order valence-electron chi connectivity index (χ3n) is 2.76. The van der Waals surface area contributed by atoms with Gasteiger partial charge in [0.05, 0.1) is 12.7 Å². The van der Waals surface area contributed by atoms with Gasteiger partial charge in [-0.05, 0) is 0 Å². The summed E-state index contributed by atoms with van der Waals surface area (Å²) in [5, 5.41) is 2.86. The van der Waals surface area contributed by atoms with Crippen LogP contribution in [-0.4, -0.2) is 62.6 Å². The predicted octanol–water partition coefficient (Wildman–Crippen LogP) is 1.17. The zero-order valence-electron chi connectivity index (χ0n) is 10.5. The molecule has 4 nitrogen and oxygen atoms in total. The first-order valence-electron chi connectivity index (χ1n) is 5.74. The monoisotopic (exact) mass is 308 g/mol. The summed E-state index contributed by atoms with van der Waals surface area (Å²) in [4.78, 5) is 11.8. The molecule has 1 atom stereocenters. The SMILES string of the molecule is CN(CC1CNCCO1)C(=O)C(C(F)(F)F)C(F)(F)F. The van der Waals surface area contributed by atoms with Crippen LogP contribution in [0.4, 0.5) is 26.3 Å².